The summed E-state index contributed by atoms with van der Waals surface area (Å²) in [5.41, 5.74) is 8.25. The lowest BCUT2D eigenvalue weighted by Gasteiger charge is -2.33. The molecule has 0 radical (unpaired) electrons. The highest BCUT2D eigenvalue weighted by Gasteiger charge is 2.27. The topological polar surface area (TPSA) is 38.4 Å². The molecule has 1 fully saturated rings. The standard InChI is InChI=1S/C16H28N2/c1-5-15(12(4)16(6-2)18-7-3)13-8-10-14(17)11-9-13/h6-7,13-15H,4-5,8-11,17H2,1-3H3/b16-6-,18-7?. The van der Waals surface area contributed by atoms with E-state index in [-0.39, 0.29) is 0 Å². The quantitative estimate of drug-likeness (QED) is 0.578. The van der Waals surface area contributed by atoms with E-state index in [0.717, 1.165) is 30.9 Å². The van der Waals surface area contributed by atoms with Crippen LogP contribution >= 0.6 is 0 Å². The first kappa shape index (κ1) is 15.2. The fourth-order valence-corrected chi connectivity index (χ4v) is 3.08. The van der Waals surface area contributed by atoms with Gasteiger partial charge in [-0.25, -0.2) is 0 Å². The number of hydrogen-bond donors (Lipinski definition) is 1. The van der Waals surface area contributed by atoms with Crippen molar-refractivity contribution in [3.05, 3.63) is 23.9 Å². The Hall–Kier alpha value is -0.890. The van der Waals surface area contributed by atoms with Gasteiger partial charge < -0.3 is 5.73 Å². The predicted octanol–water partition coefficient (Wildman–Crippen LogP) is 4.08. The highest BCUT2D eigenvalue weighted by atomic mass is 14.7. The Morgan fingerprint density at radius 1 is 1.33 bits per heavy atom. The van der Waals surface area contributed by atoms with Crippen LogP contribution in [0.25, 0.3) is 0 Å². The fourth-order valence-electron chi connectivity index (χ4n) is 3.08. The summed E-state index contributed by atoms with van der Waals surface area (Å²) in [6, 6.07) is 0.418. The van der Waals surface area contributed by atoms with Gasteiger partial charge in [0.2, 0.25) is 0 Å². The molecular weight excluding hydrogens is 220 g/mol. The molecule has 0 spiro atoms. The number of allylic oxidation sites excluding steroid dienone is 2. The molecule has 1 aliphatic carbocycles. The zero-order valence-electron chi connectivity index (χ0n) is 12.2. The normalized spacial score (nSPS) is 27.4. The second-order valence-electron chi connectivity index (χ2n) is 5.28. The van der Waals surface area contributed by atoms with E-state index < -0.39 is 0 Å². The van der Waals surface area contributed by atoms with Gasteiger partial charge >= 0.3 is 0 Å². The summed E-state index contributed by atoms with van der Waals surface area (Å²) in [5, 5.41) is 0. The van der Waals surface area contributed by atoms with Gasteiger partial charge in [0.05, 0.1) is 5.70 Å². The summed E-state index contributed by atoms with van der Waals surface area (Å²) < 4.78 is 0. The van der Waals surface area contributed by atoms with Crippen molar-refractivity contribution in [2.45, 2.75) is 58.9 Å². The molecule has 1 unspecified atom stereocenters. The first-order valence-corrected chi connectivity index (χ1v) is 7.23. The van der Waals surface area contributed by atoms with E-state index in [0.29, 0.717) is 12.0 Å². The third-order valence-corrected chi connectivity index (χ3v) is 4.14. The molecule has 0 bridgehead atoms. The number of rotatable bonds is 5. The summed E-state index contributed by atoms with van der Waals surface area (Å²) in [6.45, 7) is 10.5. The summed E-state index contributed by atoms with van der Waals surface area (Å²) >= 11 is 0. The van der Waals surface area contributed by atoms with Gasteiger partial charge in [0.1, 0.15) is 0 Å². The van der Waals surface area contributed by atoms with Crippen molar-refractivity contribution in [1.82, 2.24) is 0 Å². The van der Waals surface area contributed by atoms with Crippen molar-refractivity contribution in [2.24, 2.45) is 22.6 Å². The van der Waals surface area contributed by atoms with Crippen LogP contribution in [0.5, 0.6) is 0 Å². The van der Waals surface area contributed by atoms with Gasteiger partial charge in [-0.15, -0.1) is 0 Å². The van der Waals surface area contributed by atoms with E-state index in [9.17, 15) is 0 Å². The second-order valence-corrected chi connectivity index (χ2v) is 5.28. The molecule has 102 valence electrons. The Bertz CT molecular complexity index is 320. The highest BCUT2D eigenvalue weighted by Crippen LogP contribution is 2.37. The maximum absolute atomic E-state index is 5.99. The predicted molar refractivity (Wildman–Crippen MR) is 80.8 cm³/mol. The van der Waals surface area contributed by atoms with E-state index in [1.807, 2.05) is 20.1 Å². The van der Waals surface area contributed by atoms with Crippen molar-refractivity contribution in [2.75, 3.05) is 0 Å². The average Bonchev–Trinajstić information content (AvgIpc) is 2.38. The molecule has 2 heteroatoms. The fraction of sp³-hybridized carbons (Fsp3) is 0.688. The Morgan fingerprint density at radius 3 is 2.39 bits per heavy atom. The monoisotopic (exact) mass is 248 g/mol. The first-order chi connectivity index (χ1) is 8.63. The van der Waals surface area contributed by atoms with Crippen LogP contribution in [0.2, 0.25) is 0 Å². The Labute approximate surface area is 112 Å². The van der Waals surface area contributed by atoms with Gasteiger partial charge in [-0.1, -0.05) is 19.6 Å². The highest BCUT2D eigenvalue weighted by molar-refractivity contribution is 5.57. The Balaban J connectivity index is 2.73. The van der Waals surface area contributed by atoms with Crippen LogP contribution in [0.3, 0.4) is 0 Å². The van der Waals surface area contributed by atoms with Crippen LogP contribution < -0.4 is 5.73 Å². The van der Waals surface area contributed by atoms with Crippen LogP contribution in [0.15, 0.2) is 28.9 Å². The molecule has 1 atom stereocenters. The van der Waals surface area contributed by atoms with Crippen molar-refractivity contribution < 1.29 is 0 Å². The van der Waals surface area contributed by atoms with E-state index >= 15 is 0 Å². The van der Waals surface area contributed by atoms with Gasteiger partial charge in [-0.05, 0) is 63.4 Å². The summed E-state index contributed by atoms with van der Waals surface area (Å²) in [4.78, 5) is 4.43. The third kappa shape index (κ3) is 3.81. The van der Waals surface area contributed by atoms with Crippen LogP contribution in [-0.2, 0) is 0 Å². The average molecular weight is 248 g/mol. The van der Waals surface area contributed by atoms with E-state index in [1.54, 1.807) is 0 Å². The van der Waals surface area contributed by atoms with E-state index in [2.05, 4.69) is 24.6 Å². The molecular formula is C16H28N2. The van der Waals surface area contributed by atoms with Gasteiger partial charge in [0.15, 0.2) is 0 Å². The summed E-state index contributed by atoms with van der Waals surface area (Å²) in [5.74, 6) is 1.30. The molecule has 0 aromatic heterocycles. The molecule has 0 amide bonds. The molecule has 0 aliphatic heterocycles. The van der Waals surface area contributed by atoms with Crippen LogP contribution in [0.1, 0.15) is 52.9 Å². The minimum absolute atomic E-state index is 0.418. The molecule has 2 N–H and O–H groups in total. The zero-order valence-corrected chi connectivity index (χ0v) is 12.2. The van der Waals surface area contributed by atoms with Crippen molar-refractivity contribution in [1.29, 1.82) is 0 Å². The van der Waals surface area contributed by atoms with Gasteiger partial charge in [-0.3, -0.25) is 4.99 Å². The minimum Gasteiger partial charge on any atom is -0.328 e. The van der Waals surface area contributed by atoms with E-state index in [1.165, 1.54) is 18.4 Å². The SMILES string of the molecule is C=C(/C(=C/C)N=CC)C(CC)C1CCC(N)CC1. The lowest BCUT2D eigenvalue weighted by Crippen LogP contribution is -2.30. The number of hydrogen-bond acceptors (Lipinski definition) is 2. The molecule has 2 nitrogen and oxygen atoms in total. The maximum Gasteiger partial charge on any atom is 0.0611 e. The smallest absolute Gasteiger partial charge is 0.0611 e. The van der Waals surface area contributed by atoms with Crippen LogP contribution in [0.4, 0.5) is 0 Å². The van der Waals surface area contributed by atoms with Crippen molar-refractivity contribution in [3.63, 3.8) is 0 Å². The molecule has 0 aromatic carbocycles. The number of aliphatic imine (C=N–C) groups is 1. The molecule has 0 aromatic rings. The van der Waals surface area contributed by atoms with Gasteiger partial charge in [0.25, 0.3) is 0 Å². The van der Waals surface area contributed by atoms with Gasteiger partial charge in [0, 0.05) is 12.3 Å². The van der Waals surface area contributed by atoms with Crippen molar-refractivity contribution in [3.8, 4) is 0 Å². The molecule has 1 saturated carbocycles. The first-order valence-electron chi connectivity index (χ1n) is 7.23. The number of nitrogens with zero attached hydrogens (tertiary/aromatic N) is 1. The van der Waals surface area contributed by atoms with Gasteiger partial charge in [-0.2, -0.15) is 0 Å². The van der Waals surface area contributed by atoms with E-state index in [4.69, 9.17) is 5.73 Å². The molecule has 1 rings (SSSR count). The minimum atomic E-state index is 0.418. The Kier molecular flexibility index (Phi) is 6.34. The zero-order chi connectivity index (χ0) is 13.5. The van der Waals surface area contributed by atoms with Crippen molar-refractivity contribution >= 4 is 6.21 Å². The molecule has 18 heavy (non-hydrogen) atoms. The lowest BCUT2D eigenvalue weighted by atomic mass is 9.74. The van der Waals surface area contributed by atoms with Crippen LogP contribution in [-0.4, -0.2) is 12.3 Å². The summed E-state index contributed by atoms with van der Waals surface area (Å²) in [7, 11) is 0. The van der Waals surface area contributed by atoms with Crippen LogP contribution in [0, 0.1) is 11.8 Å². The lowest BCUT2D eigenvalue weighted by molar-refractivity contribution is 0.254. The summed E-state index contributed by atoms with van der Waals surface area (Å²) in [6.07, 6.45) is 9.88. The number of nitrogens with two attached hydrogens (primary N) is 1. The largest absolute Gasteiger partial charge is 0.328 e. The molecule has 1 aliphatic rings. The molecule has 0 heterocycles. The third-order valence-electron chi connectivity index (χ3n) is 4.14. The molecule has 0 saturated heterocycles. The maximum atomic E-state index is 5.99. The Morgan fingerprint density at radius 2 is 1.94 bits per heavy atom. The second kappa shape index (κ2) is 7.52.